The van der Waals surface area contributed by atoms with E-state index in [1.165, 1.54) is 18.2 Å². The second-order valence-corrected chi connectivity index (χ2v) is 8.12. The first-order valence-electron chi connectivity index (χ1n) is 9.23. The molecule has 0 saturated carbocycles. The number of pyridine rings is 1. The van der Waals surface area contributed by atoms with Crippen molar-refractivity contribution in [2.24, 2.45) is 0 Å². The molecule has 172 valence electrons. The van der Waals surface area contributed by atoms with Gasteiger partial charge in [-0.25, -0.2) is 22.2 Å². The SMILES string of the molecule is OC(Cn1cnnn1)(c1ccc(F)cc1F)C(F)(F)c1ccc(-c2ccc(C(F)F)s2)cn1. The van der Waals surface area contributed by atoms with Gasteiger partial charge in [-0.05, 0) is 46.8 Å². The molecule has 33 heavy (non-hydrogen) atoms. The van der Waals surface area contributed by atoms with Crippen LogP contribution in [0.5, 0.6) is 0 Å². The average molecular weight is 485 g/mol. The van der Waals surface area contributed by atoms with E-state index >= 15 is 8.78 Å². The second kappa shape index (κ2) is 8.56. The first-order chi connectivity index (χ1) is 15.6. The topological polar surface area (TPSA) is 76.7 Å². The molecule has 13 heteroatoms. The number of hydrogen-bond acceptors (Lipinski definition) is 6. The molecule has 0 aliphatic heterocycles. The van der Waals surface area contributed by atoms with E-state index in [-0.39, 0.29) is 4.88 Å². The molecular weight excluding hydrogens is 472 g/mol. The lowest BCUT2D eigenvalue weighted by atomic mass is 9.84. The van der Waals surface area contributed by atoms with Gasteiger partial charge in [-0.15, -0.1) is 16.4 Å². The average Bonchev–Trinajstić information content (AvgIpc) is 3.46. The van der Waals surface area contributed by atoms with E-state index in [9.17, 15) is 22.7 Å². The van der Waals surface area contributed by atoms with Gasteiger partial charge in [-0.3, -0.25) is 4.98 Å². The normalized spacial score (nSPS) is 13.9. The third-order valence-corrected chi connectivity index (χ3v) is 6.03. The zero-order valence-electron chi connectivity index (χ0n) is 16.3. The summed E-state index contributed by atoms with van der Waals surface area (Å²) < 4.78 is 85.6. The summed E-state index contributed by atoms with van der Waals surface area (Å²) in [6, 6.07) is 6.53. The molecule has 4 rings (SSSR count). The minimum Gasteiger partial charge on any atom is -0.377 e. The lowest BCUT2D eigenvalue weighted by Gasteiger charge is -2.35. The van der Waals surface area contributed by atoms with Gasteiger partial charge in [0.1, 0.15) is 23.7 Å². The second-order valence-electron chi connectivity index (χ2n) is 7.00. The Balaban J connectivity index is 1.75. The number of aliphatic hydroxyl groups is 1. The Hall–Kier alpha value is -3.32. The van der Waals surface area contributed by atoms with Crippen LogP contribution in [0.4, 0.5) is 26.3 Å². The maximum absolute atomic E-state index is 15.7. The Kier molecular flexibility index (Phi) is 5.93. The number of tetrazole rings is 1. The molecule has 0 aliphatic rings. The number of alkyl halides is 4. The van der Waals surface area contributed by atoms with Crippen LogP contribution >= 0.6 is 11.3 Å². The van der Waals surface area contributed by atoms with Gasteiger partial charge in [-0.2, -0.15) is 8.78 Å². The van der Waals surface area contributed by atoms with Crippen LogP contribution in [0, 0.1) is 11.6 Å². The van der Waals surface area contributed by atoms with Crippen molar-refractivity contribution in [2.75, 3.05) is 0 Å². The van der Waals surface area contributed by atoms with Crippen LogP contribution in [0.3, 0.4) is 0 Å². The van der Waals surface area contributed by atoms with Gasteiger partial charge in [-0.1, -0.05) is 0 Å². The van der Waals surface area contributed by atoms with Crippen LogP contribution in [0.1, 0.15) is 22.6 Å². The number of benzene rings is 1. The smallest absolute Gasteiger partial charge is 0.323 e. The summed E-state index contributed by atoms with van der Waals surface area (Å²) in [6.45, 7) is -0.984. The van der Waals surface area contributed by atoms with E-state index in [1.807, 2.05) is 0 Å². The molecule has 3 heterocycles. The van der Waals surface area contributed by atoms with Crippen molar-refractivity contribution >= 4 is 11.3 Å². The predicted molar refractivity (Wildman–Crippen MR) is 104 cm³/mol. The summed E-state index contributed by atoms with van der Waals surface area (Å²) in [5.74, 6) is -6.63. The number of rotatable bonds is 7. The van der Waals surface area contributed by atoms with E-state index in [0.29, 0.717) is 22.6 Å². The lowest BCUT2D eigenvalue weighted by Crippen LogP contribution is -2.48. The molecule has 0 radical (unpaired) electrons. The predicted octanol–water partition coefficient (Wildman–Crippen LogP) is 4.69. The largest absolute Gasteiger partial charge is 0.377 e. The summed E-state index contributed by atoms with van der Waals surface area (Å²) in [4.78, 5) is 3.88. The molecule has 0 spiro atoms. The monoisotopic (exact) mass is 485 g/mol. The Morgan fingerprint density at radius 1 is 1.06 bits per heavy atom. The minimum absolute atomic E-state index is 0.193. The van der Waals surface area contributed by atoms with Crippen LogP contribution < -0.4 is 0 Å². The summed E-state index contributed by atoms with van der Waals surface area (Å²) in [7, 11) is 0. The highest BCUT2D eigenvalue weighted by molar-refractivity contribution is 7.15. The zero-order valence-corrected chi connectivity index (χ0v) is 17.2. The highest BCUT2D eigenvalue weighted by Gasteiger charge is 2.58. The van der Waals surface area contributed by atoms with Crippen LogP contribution in [0.25, 0.3) is 10.4 Å². The molecule has 0 bridgehead atoms. The summed E-state index contributed by atoms with van der Waals surface area (Å²) >= 11 is 0.778. The van der Waals surface area contributed by atoms with Crippen molar-refractivity contribution in [3.8, 4) is 10.4 Å². The van der Waals surface area contributed by atoms with Gasteiger partial charge >= 0.3 is 5.92 Å². The first-order valence-corrected chi connectivity index (χ1v) is 10.0. The van der Waals surface area contributed by atoms with Crippen molar-refractivity contribution in [1.82, 2.24) is 25.2 Å². The molecule has 0 amide bonds. The van der Waals surface area contributed by atoms with E-state index in [1.54, 1.807) is 0 Å². The highest BCUT2D eigenvalue weighted by Crippen LogP contribution is 2.47. The summed E-state index contributed by atoms with van der Waals surface area (Å²) in [5, 5.41) is 21.2. The first kappa shape index (κ1) is 22.9. The molecule has 1 N–H and O–H groups in total. The fourth-order valence-corrected chi connectivity index (χ4v) is 4.08. The van der Waals surface area contributed by atoms with Crippen LogP contribution in [-0.2, 0) is 18.1 Å². The zero-order chi connectivity index (χ0) is 23.8. The van der Waals surface area contributed by atoms with Crippen LogP contribution in [-0.4, -0.2) is 30.3 Å². The Labute approximate surface area is 186 Å². The number of hydrogen-bond donors (Lipinski definition) is 1. The summed E-state index contributed by atoms with van der Waals surface area (Å²) in [5.41, 5.74) is -4.80. The fourth-order valence-electron chi connectivity index (χ4n) is 3.23. The molecule has 1 atom stereocenters. The van der Waals surface area contributed by atoms with Crippen molar-refractivity contribution in [1.29, 1.82) is 0 Å². The molecule has 1 aromatic carbocycles. The standard InChI is InChI=1S/C20H13F6N5OS/c21-12-2-3-13(14(22)7-12)19(32,9-31-10-28-29-30-31)20(25,26)17-6-1-11(8-27-17)15-4-5-16(33-15)18(23)24/h1-8,10,18,32H,9H2. The number of halogens is 6. The number of thiophene rings is 1. The third kappa shape index (κ3) is 4.20. The van der Waals surface area contributed by atoms with Gasteiger partial charge in [0.05, 0.1) is 11.4 Å². The molecule has 0 fully saturated rings. The number of nitrogens with zero attached hydrogens (tertiary/aromatic N) is 5. The Morgan fingerprint density at radius 3 is 2.42 bits per heavy atom. The highest BCUT2D eigenvalue weighted by atomic mass is 32.1. The lowest BCUT2D eigenvalue weighted by molar-refractivity contribution is -0.207. The molecule has 3 aromatic heterocycles. The van der Waals surface area contributed by atoms with Gasteiger partial charge < -0.3 is 5.11 Å². The molecule has 6 nitrogen and oxygen atoms in total. The quantitative estimate of drug-likeness (QED) is 0.385. The van der Waals surface area contributed by atoms with Crippen molar-refractivity contribution in [3.63, 3.8) is 0 Å². The van der Waals surface area contributed by atoms with E-state index in [0.717, 1.165) is 40.7 Å². The molecule has 1 unspecified atom stereocenters. The van der Waals surface area contributed by atoms with Crippen molar-refractivity contribution in [2.45, 2.75) is 24.5 Å². The third-order valence-electron chi connectivity index (χ3n) is 4.89. The van der Waals surface area contributed by atoms with Gasteiger partial charge in [0, 0.05) is 28.3 Å². The van der Waals surface area contributed by atoms with Crippen molar-refractivity contribution < 1.29 is 31.4 Å². The van der Waals surface area contributed by atoms with Gasteiger partial charge in [0.25, 0.3) is 6.43 Å². The number of aromatic nitrogens is 5. The molecular formula is C20H13F6N5OS. The maximum Gasteiger partial charge on any atom is 0.323 e. The summed E-state index contributed by atoms with van der Waals surface area (Å²) in [6.07, 6.45) is -0.702. The van der Waals surface area contributed by atoms with Crippen molar-refractivity contribution in [3.05, 3.63) is 82.8 Å². The van der Waals surface area contributed by atoms with Gasteiger partial charge in [0.2, 0.25) is 0 Å². The van der Waals surface area contributed by atoms with E-state index < -0.39 is 47.4 Å². The van der Waals surface area contributed by atoms with Crippen LogP contribution in [0.15, 0.2) is 55.0 Å². The Bertz CT molecular complexity index is 1250. The molecule has 4 aromatic rings. The van der Waals surface area contributed by atoms with Crippen LogP contribution in [0.2, 0.25) is 0 Å². The van der Waals surface area contributed by atoms with E-state index in [4.69, 9.17) is 0 Å². The van der Waals surface area contributed by atoms with Gasteiger partial charge in [0.15, 0.2) is 5.60 Å². The van der Waals surface area contributed by atoms with E-state index in [2.05, 4.69) is 20.5 Å². The fraction of sp³-hybridized carbons (Fsp3) is 0.200. The molecule has 0 aliphatic carbocycles. The minimum atomic E-state index is -4.21. The Morgan fingerprint density at radius 2 is 1.85 bits per heavy atom. The maximum atomic E-state index is 15.7. The molecule has 0 saturated heterocycles.